The lowest BCUT2D eigenvalue weighted by molar-refractivity contribution is -0.110. The van der Waals surface area contributed by atoms with Gasteiger partial charge in [0.2, 0.25) is 0 Å². The number of hydrogen-bond acceptors (Lipinski definition) is 5. The van der Waals surface area contributed by atoms with E-state index in [1.54, 1.807) is 6.08 Å². The van der Waals surface area contributed by atoms with Crippen molar-refractivity contribution in [3.63, 3.8) is 0 Å². The van der Waals surface area contributed by atoms with Crippen molar-refractivity contribution in [2.75, 3.05) is 38.2 Å². The van der Waals surface area contributed by atoms with Gasteiger partial charge in [0.25, 0.3) is 11.8 Å². The molecule has 166 valence electrons. The number of aryl methyl sites for hydroxylation is 1. The summed E-state index contributed by atoms with van der Waals surface area (Å²) in [6, 6.07) is 7.51. The summed E-state index contributed by atoms with van der Waals surface area (Å²) in [6.45, 7) is 7.97. The van der Waals surface area contributed by atoms with Crippen LogP contribution in [0.4, 0.5) is 5.69 Å². The molecular formula is C23H30N4O4. The highest BCUT2D eigenvalue weighted by atomic mass is 16.5. The number of ether oxygens (including phenoxy) is 1. The number of hydrogen-bond donors (Lipinski definition) is 5. The van der Waals surface area contributed by atoms with E-state index in [1.807, 2.05) is 45.0 Å². The molecule has 1 aromatic heterocycles. The fraction of sp³-hybridized carbons (Fsp3) is 0.391. The van der Waals surface area contributed by atoms with Crippen molar-refractivity contribution >= 4 is 29.2 Å². The zero-order valence-corrected chi connectivity index (χ0v) is 18.2. The molecule has 3 rings (SSSR count). The molecule has 1 atom stereocenters. The third-order valence-corrected chi connectivity index (χ3v) is 5.21. The van der Waals surface area contributed by atoms with Crippen LogP contribution in [0.15, 0.2) is 24.3 Å². The number of amides is 2. The van der Waals surface area contributed by atoms with E-state index >= 15 is 0 Å². The summed E-state index contributed by atoms with van der Waals surface area (Å²) in [5, 5.41) is 18.8. The SMILES string of the molecule is CCOCCNCC(O)CNC(=O)c1c(C)[nH]c(C=C2C(=O)Nc3ccccc32)c1C. The zero-order chi connectivity index (χ0) is 22.4. The molecule has 31 heavy (non-hydrogen) atoms. The predicted molar refractivity (Wildman–Crippen MR) is 121 cm³/mol. The molecular weight excluding hydrogens is 396 g/mol. The van der Waals surface area contributed by atoms with E-state index in [0.717, 1.165) is 16.8 Å². The number of carbonyl (C=O) groups is 2. The highest BCUT2D eigenvalue weighted by Crippen LogP contribution is 2.33. The van der Waals surface area contributed by atoms with E-state index in [2.05, 4.69) is 20.9 Å². The van der Waals surface area contributed by atoms with Crippen LogP contribution < -0.4 is 16.0 Å². The highest BCUT2D eigenvalue weighted by Gasteiger charge is 2.25. The van der Waals surface area contributed by atoms with Crippen molar-refractivity contribution in [3.05, 3.63) is 52.3 Å². The number of nitrogens with one attached hydrogen (secondary N) is 4. The molecule has 0 saturated heterocycles. The van der Waals surface area contributed by atoms with Crippen LogP contribution >= 0.6 is 0 Å². The second-order valence-electron chi connectivity index (χ2n) is 7.49. The number of para-hydroxylation sites is 1. The number of rotatable bonds is 10. The largest absolute Gasteiger partial charge is 0.390 e. The number of benzene rings is 1. The fourth-order valence-corrected chi connectivity index (χ4v) is 3.61. The number of aromatic amines is 1. The minimum Gasteiger partial charge on any atom is -0.390 e. The number of carbonyl (C=O) groups excluding carboxylic acids is 2. The predicted octanol–water partition coefficient (Wildman–Crippen LogP) is 1.84. The van der Waals surface area contributed by atoms with Gasteiger partial charge in [0.1, 0.15) is 0 Å². The molecule has 1 aromatic carbocycles. The minimum atomic E-state index is -0.703. The standard InChI is InChI=1S/C23H30N4O4/c1-4-31-10-9-24-12-16(28)13-25-23(30)21-14(2)20(26-15(21)3)11-18-17-7-5-6-8-19(17)27-22(18)29/h5-8,11,16,24,26,28H,4,9-10,12-13H2,1-3H3,(H,25,30)(H,27,29). The molecule has 1 unspecified atom stereocenters. The lowest BCUT2D eigenvalue weighted by Gasteiger charge is -2.13. The first-order valence-corrected chi connectivity index (χ1v) is 10.5. The van der Waals surface area contributed by atoms with Crippen molar-refractivity contribution in [2.24, 2.45) is 0 Å². The smallest absolute Gasteiger partial charge is 0.256 e. The molecule has 2 amide bonds. The normalized spacial score (nSPS) is 15.1. The summed E-state index contributed by atoms with van der Waals surface area (Å²) in [5.41, 5.74) is 4.87. The molecule has 0 spiro atoms. The first-order valence-electron chi connectivity index (χ1n) is 10.5. The zero-order valence-electron chi connectivity index (χ0n) is 18.2. The Morgan fingerprint density at radius 3 is 2.81 bits per heavy atom. The number of aliphatic hydroxyl groups is 1. The van der Waals surface area contributed by atoms with Crippen molar-refractivity contribution < 1.29 is 19.4 Å². The Labute approximate surface area is 182 Å². The second kappa shape index (κ2) is 10.4. The van der Waals surface area contributed by atoms with Gasteiger partial charge in [0.05, 0.1) is 23.8 Å². The number of anilines is 1. The van der Waals surface area contributed by atoms with E-state index in [0.29, 0.717) is 48.8 Å². The van der Waals surface area contributed by atoms with Gasteiger partial charge >= 0.3 is 0 Å². The van der Waals surface area contributed by atoms with Crippen LogP contribution in [0.1, 0.15) is 39.8 Å². The van der Waals surface area contributed by atoms with Crippen molar-refractivity contribution in [2.45, 2.75) is 26.9 Å². The maximum atomic E-state index is 12.7. The van der Waals surface area contributed by atoms with Gasteiger partial charge in [-0.2, -0.15) is 0 Å². The van der Waals surface area contributed by atoms with Crippen LogP contribution in [-0.4, -0.2) is 60.9 Å². The van der Waals surface area contributed by atoms with Crippen molar-refractivity contribution in [1.82, 2.24) is 15.6 Å². The number of aromatic nitrogens is 1. The summed E-state index contributed by atoms with van der Waals surface area (Å²) in [4.78, 5) is 28.3. The lowest BCUT2D eigenvalue weighted by atomic mass is 10.0. The molecule has 1 aliphatic rings. The molecule has 1 aliphatic heterocycles. The Bertz CT molecular complexity index is 980. The van der Waals surface area contributed by atoms with Crippen LogP contribution in [0.5, 0.6) is 0 Å². The average molecular weight is 427 g/mol. The van der Waals surface area contributed by atoms with Crippen LogP contribution in [0.3, 0.4) is 0 Å². The van der Waals surface area contributed by atoms with Gasteiger partial charge in [-0.3, -0.25) is 9.59 Å². The first-order chi connectivity index (χ1) is 14.9. The van der Waals surface area contributed by atoms with Gasteiger partial charge in [-0.25, -0.2) is 0 Å². The molecule has 8 nitrogen and oxygen atoms in total. The number of aliphatic hydroxyl groups excluding tert-OH is 1. The Morgan fingerprint density at radius 1 is 1.26 bits per heavy atom. The quantitative estimate of drug-likeness (QED) is 0.294. The third kappa shape index (κ3) is 5.41. The number of fused-ring (bicyclic) bond motifs is 1. The Hall–Kier alpha value is -2.94. The van der Waals surface area contributed by atoms with Crippen molar-refractivity contribution in [3.8, 4) is 0 Å². The molecule has 2 heterocycles. The minimum absolute atomic E-state index is 0.136. The van der Waals surface area contributed by atoms with Gasteiger partial charge in [-0.15, -0.1) is 0 Å². The Balaban J connectivity index is 1.65. The van der Waals surface area contributed by atoms with Crippen molar-refractivity contribution in [1.29, 1.82) is 0 Å². The fourth-order valence-electron chi connectivity index (χ4n) is 3.61. The van der Waals surface area contributed by atoms with Gasteiger partial charge < -0.3 is 30.8 Å². The molecule has 2 aromatic rings. The molecule has 0 radical (unpaired) electrons. The second-order valence-corrected chi connectivity index (χ2v) is 7.49. The molecule has 8 heteroatoms. The maximum Gasteiger partial charge on any atom is 0.256 e. The molecule has 5 N–H and O–H groups in total. The molecule has 0 aliphatic carbocycles. The summed E-state index contributed by atoms with van der Waals surface area (Å²) in [5.74, 6) is -0.431. The molecule has 0 bridgehead atoms. The van der Waals surface area contributed by atoms with Gasteiger partial charge in [-0.1, -0.05) is 18.2 Å². The monoisotopic (exact) mass is 426 g/mol. The van der Waals surface area contributed by atoms with E-state index < -0.39 is 6.10 Å². The highest BCUT2D eigenvalue weighted by molar-refractivity contribution is 6.34. The van der Waals surface area contributed by atoms with Gasteiger partial charge in [0.15, 0.2) is 0 Å². The summed E-state index contributed by atoms with van der Waals surface area (Å²) in [7, 11) is 0. The van der Waals surface area contributed by atoms with E-state index in [1.165, 1.54) is 0 Å². The van der Waals surface area contributed by atoms with Gasteiger partial charge in [-0.05, 0) is 38.5 Å². The van der Waals surface area contributed by atoms with Crippen LogP contribution in [-0.2, 0) is 9.53 Å². The first kappa shape index (κ1) is 22.7. The summed E-state index contributed by atoms with van der Waals surface area (Å²) < 4.78 is 5.23. The van der Waals surface area contributed by atoms with Crippen LogP contribution in [0.2, 0.25) is 0 Å². The Kier molecular flexibility index (Phi) is 7.62. The Morgan fingerprint density at radius 2 is 2.03 bits per heavy atom. The average Bonchev–Trinajstić information content (AvgIpc) is 3.21. The third-order valence-electron chi connectivity index (χ3n) is 5.21. The number of H-pyrrole nitrogens is 1. The topological polar surface area (TPSA) is 115 Å². The molecule has 0 fully saturated rings. The van der Waals surface area contributed by atoms with Gasteiger partial charge in [0, 0.05) is 48.9 Å². The van der Waals surface area contributed by atoms with Crippen LogP contribution in [0, 0.1) is 13.8 Å². The van der Waals surface area contributed by atoms with E-state index in [-0.39, 0.29) is 18.4 Å². The van der Waals surface area contributed by atoms with E-state index in [4.69, 9.17) is 4.74 Å². The summed E-state index contributed by atoms with van der Waals surface area (Å²) >= 11 is 0. The van der Waals surface area contributed by atoms with E-state index in [9.17, 15) is 14.7 Å². The van der Waals surface area contributed by atoms with Crippen LogP contribution in [0.25, 0.3) is 11.6 Å². The molecule has 0 saturated carbocycles. The lowest BCUT2D eigenvalue weighted by Crippen LogP contribution is -2.39. The maximum absolute atomic E-state index is 12.7. The summed E-state index contributed by atoms with van der Waals surface area (Å²) in [6.07, 6.45) is 1.07.